The zero-order valence-electron chi connectivity index (χ0n) is 19.2. The molecule has 3 atom stereocenters. The highest BCUT2D eigenvalue weighted by molar-refractivity contribution is 7.97. The molecule has 2 heterocycles. The minimum atomic E-state index is 0.260. The van der Waals surface area contributed by atoms with Gasteiger partial charge in [-0.25, -0.2) is 9.97 Å². The van der Waals surface area contributed by atoms with Crippen molar-refractivity contribution in [1.82, 2.24) is 24.5 Å². The Hall–Kier alpha value is -2.58. The highest BCUT2D eigenvalue weighted by Crippen LogP contribution is 2.35. The van der Waals surface area contributed by atoms with Crippen LogP contribution in [0.4, 0.5) is 5.82 Å². The van der Waals surface area contributed by atoms with Crippen LogP contribution >= 0.6 is 11.9 Å². The second kappa shape index (κ2) is 9.92. The minimum Gasteiger partial charge on any atom is -0.433 e. The molecule has 0 saturated heterocycles. The van der Waals surface area contributed by atoms with Crippen LogP contribution in [-0.2, 0) is 0 Å². The maximum atomic E-state index is 6.09. The number of nitrogens with one attached hydrogen (secondary N) is 1. The Labute approximate surface area is 194 Å². The van der Waals surface area contributed by atoms with E-state index in [0.717, 1.165) is 34.6 Å². The number of hydrogen-bond acceptors (Lipinski definition) is 7. The van der Waals surface area contributed by atoms with Crippen molar-refractivity contribution in [1.29, 1.82) is 0 Å². The molecule has 1 aliphatic rings. The molecular formula is C24H32N6OS. The summed E-state index contributed by atoms with van der Waals surface area (Å²) >= 11 is 1.56. The first kappa shape index (κ1) is 22.6. The van der Waals surface area contributed by atoms with Crippen molar-refractivity contribution in [2.45, 2.75) is 57.4 Å². The van der Waals surface area contributed by atoms with Crippen molar-refractivity contribution in [2.75, 3.05) is 12.8 Å². The average Bonchev–Trinajstić information content (AvgIpc) is 3.14. The predicted octanol–water partition coefficient (Wildman–Crippen LogP) is 5.64. The largest absolute Gasteiger partial charge is 0.433 e. The van der Waals surface area contributed by atoms with Gasteiger partial charge in [-0.15, -0.1) is 0 Å². The summed E-state index contributed by atoms with van der Waals surface area (Å²) in [5.74, 6) is 2.60. The zero-order valence-corrected chi connectivity index (χ0v) is 20.0. The quantitative estimate of drug-likeness (QED) is 0.369. The van der Waals surface area contributed by atoms with E-state index in [4.69, 9.17) is 10.5 Å². The van der Waals surface area contributed by atoms with E-state index in [0.29, 0.717) is 29.5 Å². The maximum Gasteiger partial charge on any atom is 0.263 e. The van der Waals surface area contributed by atoms with Crippen LogP contribution in [0.5, 0.6) is 11.6 Å². The van der Waals surface area contributed by atoms with Crippen LogP contribution in [0.1, 0.15) is 51.1 Å². The summed E-state index contributed by atoms with van der Waals surface area (Å²) in [4.78, 5) is 10.1. The topological polar surface area (TPSA) is 90.9 Å². The molecule has 32 heavy (non-hydrogen) atoms. The van der Waals surface area contributed by atoms with Crippen LogP contribution in [0.15, 0.2) is 41.7 Å². The van der Waals surface area contributed by atoms with Crippen molar-refractivity contribution >= 4 is 17.8 Å². The number of nitrogen functional groups attached to an aromatic ring is 1. The average molecular weight is 453 g/mol. The molecule has 0 bridgehead atoms. The highest BCUT2D eigenvalue weighted by Gasteiger charge is 2.23. The first-order chi connectivity index (χ1) is 15.4. The highest BCUT2D eigenvalue weighted by atomic mass is 32.2. The second-order valence-corrected chi connectivity index (χ2v) is 10.0. The van der Waals surface area contributed by atoms with Gasteiger partial charge in [0.2, 0.25) is 0 Å². The van der Waals surface area contributed by atoms with Gasteiger partial charge in [-0.1, -0.05) is 26.7 Å². The van der Waals surface area contributed by atoms with Gasteiger partial charge in [0, 0.05) is 10.5 Å². The van der Waals surface area contributed by atoms with E-state index in [1.807, 2.05) is 17.9 Å². The fourth-order valence-corrected chi connectivity index (χ4v) is 5.07. The predicted molar refractivity (Wildman–Crippen MR) is 130 cm³/mol. The second-order valence-electron chi connectivity index (χ2n) is 8.96. The Bertz CT molecular complexity index is 1060. The van der Waals surface area contributed by atoms with E-state index in [1.165, 1.54) is 12.8 Å². The summed E-state index contributed by atoms with van der Waals surface area (Å²) < 4.78 is 11.2. The van der Waals surface area contributed by atoms with E-state index < -0.39 is 0 Å². The van der Waals surface area contributed by atoms with Gasteiger partial charge in [0.15, 0.2) is 11.6 Å². The number of rotatable bonds is 6. The Morgan fingerprint density at radius 2 is 1.88 bits per heavy atom. The Balaban J connectivity index is 1.56. The number of ether oxygens (including phenoxy) is 1. The van der Waals surface area contributed by atoms with Crippen molar-refractivity contribution in [3.05, 3.63) is 42.4 Å². The van der Waals surface area contributed by atoms with Crippen LogP contribution in [0.3, 0.4) is 0 Å². The molecule has 0 radical (unpaired) electrons. The number of benzene rings is 1. The van der Waals surface area contributed by atoms with Crippen LogP contribution in [-0.4, -0.2) is 26.8 Å². The molecule has 1 aliphatic carbocycles. The third kappa shape index (κ3) is 5.42. The van der Waals surface area contributed by atoms with Crippen LogP contribution < -0.4 is 15.2 Å². The van der Waals surface area contributed by atoms with Gasteiger partial charge in [-0.05, 0) is 74.4 Å². The summed E-state index contributed by atoms with van der Waals surface area (Å²) in [6.45, 7) is 6.73. The summed E-state index contributed by atoms with van der Waals surface area (Å²) in [6.07, 6.45) is 10.2. The normalized spacial score (nSPS) is 21.3. The lowest BCUT2D eigenvalue weighted by Crippen LogP contribution is -2.12. The Kier molecular flexibility index (Phi) is 7.01. The molecule has 2 aromatic heterocycles. The van der Waals surface area contributed by atoms with Gasteiger partial charge in [0.1, 0.15) is 0 Å². The SMILES string of the molecule is CNSc1cc(C)cc(-c2cnc(N)c(Oc3cnn(C4CC(C)CC[C@H](C)C4)c3)n2)c1. The van der Waals surface area contributed by atoms with Gasteiger partial charge >= 0.3 is 0 Å². The fourth-order valence-electron chi connectivity index (χ4n) is 4.40. The number of aryl methyl sites for hydroxylation is 1. The molecule has 170 valence electrons. The molecule has 4 rings (SSSR count). The van der Waals surface area contributed by atoms with Crippen molar-refractivity contribution in [3.8, 4) is 22.9 Å². The van der Waals surface area contributed by atoms with Crippen LogP contribution in [0.2, 0.25) is 0 Å². The molecular weight excluding hydrogens is 420 g/mol. The van der Waals surface area contributed by atoms with E-state index in [-0.39, 0.29) is 5.82 Å². The molecule has 8 heteroatoms. The Morgan fingerprint density at radius 1 is 1.12 bits per heavy atom. The molecule has 7 nitrogen and oxygen atoms in total. The third-order valence-corrected chi connectivity index (χ3v) is 6.68. The molecule has 1 fully saturated rings. The molecule has 0 spiro atoms. The molecule has 3 N–H and O–H groups in total. The first-order valence-corrected chi connectivity index (χ1v) is 12.0. The number of anilines is 1. The molecule has 0 amide bonds. The molecule has 3 aromatic rings. The van der Waals surface area contributed by atoms with Crippen LogP contribution in [0, 0.1) is 18.8 Å². The number of nitrogens with zero attached hydrogens (tertiary/aromatic N) is 4. The maximum absolute atomic E-state index is 6.09. The Morgan fingerprint density at radius 3 is 2.59 bits per heavy atom. The minimum absolute atomic E-state index is 0.260. The summed E-state index contributed by atoms with van der Waals surface area (Å²) in [7, 11) is 1.90. The van der Waals surface area contributed by atoms with E-state index >= 15 is 0 Å². The lowest BCUT2D eigenvalue weighted by atomic mass is 10.0. The summed E-state index contributed by atoms with van der Waals surface area (Å²) in [5, 5.41) is 4.59. The van der Waals surface area contributed by atoms with Gasteiger partial charge in [-0.2, -0.15) is 5.10 Å². The lowest BCUT2D eigenvalue weighted by molar-refractivity contribution is 0.341. The van der Waals surface area contributed by atoms with Gasteiger partial charge in [0.25, 0.3) is 5.88 Å². The summed E-state index contributed by atoms with van der Waals surface area (Å²) in [6, 6.07) is 6.67. The summed E-state index contributed by atoms with van der Waals surface area (Å²) in [5.41, 5.74) is 8.92. The van der Waals surface area contributed by atoms with Crippen molar-refractivity contribution < 1.29 is 4.74 Å². The molecule has 1 saturated carbocycles. The number of hydrogen-bond donors (Lipinski definition) is 2. The van der Waals surface area contributed by atoms with Crippen LogP contribution in [0.25, 0.3) is 11.3 Å². The third-order valence-electron chi connectivity index (χ3n) is 6.00. The van der Waals surface area contributed by atoms with E-state index in [1.54, 1.807) is 24.3 Å². The van der Waals surface area contributed by atoms with Crippen molar-refractivity contribution in [2.24, 2.45) is 11.8 Å². The van der Waals surface area contributed by atoms with Crippen molar-refractivity contribution in [3.63, 3.8) is 0 Å². The molecule has 2 unspecified atom stereocenters. The standard InChI is InChI=1S/C24H32N6OS/c1-15-5-6-16(2)9-19(8-15)30-14-20(12-28-30)31-24-23(25)27-13-22(29-24)18-7-17(3)10-21(11-18)32-26-4/h7,10-16,19,26H,5-6,8-9H2,1-4H3,(H2,25,27)/t15-,16?,19?/m0/s1. The van der Waals surface area contributed by atoms with Gasteiger partial charge in [-0.3, -0.25) is 9.40 Å². The molecule has 1 aromatic carbocycles. The van der Waals surface area contributed by atoms with E-state index in [9.17, 15) is 0 Å². The fraction of sp³-hybridized carbons (Fsp3) is 0.458. The zero-order chi connectivity index (χ0) is 22.7. The smallest absolute Gasteiger partial charge is 0.263 e. The first-order valence-electron chi connectivity index (χ1n) is 11.2. The van der Waals surface area contributed by atoms with Gasteiger partial charge in [0.05, 0.1) is 30.3 Å². The lowest BCUT2D eigenvalue weighted by Gasteiger charge is -2.19. The van der Waals surface area contributed by atoms with E-state index in [2.05, 4.69) is 58.8 Å². The number of nitrogens with two attached hydrogens (primary N) is 1. The van der Waals surface area contributed by atoms with Gasteiger partial charge < -0.3 is 10.5 Å². The number of aromatic nitrogens is 4. The molecule has 0 aliphatic heterocycles. The monoisotopic (exact) mass is 452 g/mol.